The summed E-state index contributed by atoms with van der Waals surface area (Å²) in [5.74, 6) is -0.445. The zero-order valence-electron chi connectivity index (χ0n) is 19.5. The van der Waals surface area contributed by atoms with Crippen molar-refractivity contribution in [1.29, 1.82) is 0 Å². The first-order chi connectivity index (χ1) is 17.4. The van der Waals surface area contributed by atoms with Gasteiger partial charge in [0.15, 0.2) is 0 Å². The van der Waals surface area contributed by atoms with E-state index in [9.17, 15) is 19.5 Å². The third-order valence-corrected chi connectivity index (χ3v) is 7.26. The molecule has 0 saturated heterocycles. The Labute approximate surface area is 211 Å². The Morgan fingerprint density at radius 1 is 0.972 bits per heavy atom. The standard InChI is InChI=1S/C28H24N2O5S/c1-18(19-5-3-2-4-6-19)35-26(33)29-24-17-36-27(34)30(24)23-13-9-21(10-14-23)20-7-11-22(12-8-20)28(15-16-28)25(31)32/h2-14,17-18H,15-16H2,1H3,(H,29,33)(H,31,32). The number of ether oxygens (including phenoxy) is 1. The van der Waals surface area contributed by atoms with Gasteiger partial charge in [-0.05, 0) is 54.2 Å². The lowest BCUT2D eigenvalue weighted by molar-refractivity contribution is -0.140. The summed E-state index contributed by atoms with van der Waals surface area (Å²) in [5.41, 5.74) is 3.45. The van der Waals surface area contributed by atoms with Crippen LogP contribution < -0.4 is 10.2 Å². The molecule has 1 atom stereocenters. The van der Waals surface area contributed by atoms with Crippen LogP contribution in [0.4, 0.5) is 10.6 Å². The molecule has 0 aliphatic heterocycles. The maximum absolute atomic E-state index is 12.6. The summed E-state index contributed by atoms with van der Waals surface area (Å²) >= 11 is 0.985. The van der Waals surface area contributed by atoms with Crippen molar-refractivity contribution in [2.45, 2.75) is 31.3 Å². The quantitative estimate of drug-likeness (QED) is 0.325. The van der Waals surface area contributed by atoms with E-state index < -0.39 is 23.6 Å². The number of carbonyl (C=O) groups is 2. The maximum atomic E-state index is 12.6. The fraction of sp³-hybridized carbons (Fsp3) is 0.179. The number of anilines is 1. The number of nitrogens with zero attached hydrogens (tertiary/aromatic N) is 1. The fourth-order valence-corrected chi connectivity index (χ4v) is 4.95. The summed E-state index contributed by atoms with van der Waals surface area (Å²) in [4.78, 5) is 36.4. The molecule has 1 aliphatic carbocycles. The normalized spacial score (nSPS) is 14.6. The lowest BCUT2D eigenvalue weighted by Crippen LogP contribution is -2.20. The van der Waals surface area contributed by atoms with Crippen molar-refractivity contribution >= 4 is 29.2 Å². The van der Waals surface area contributed by atoms with Crippen LogP contribution in [0.1, 0.15) is 37.0 Å². The number of carbonyl (C=O) groups excluding carboxylic acids is 1. The van der Waals surface area contributed by atoms with Crippen LogP contribution in [0.2, 0.25) is 0 Å². The van der Waals surface area contributed by atoms with Crippen molar-refractivity contribution in [3.63, 3.8) is 0 Å². The molecule has 1 saturated carbocycles. The molecule has 1 aromatic heterocycles. The number of hydrogen-bond donors (Lipinski definition) is 2. The van der Waals surface area contributed by atoms with E-state index in [1.807, 2.05) is 66.7 Å². The summed E-state index contributed by atoms with van der Waals surface area (Å²) < 4.78 is 6.90. The summed E-state index contributed by atoms with van der Waals surface area (Å²) in [6.07, 6.45) is 0.243. The van der Waals surface area contributed by atoms with Gasteiger partial charge in [0.2, 0.25) is 0 Å². The first-order valence-electron chi connectivity index (χ1n) is 11.6. The van der Waals surface area contributed by atoms with Crippen molar-refractivity contribution in [3.8, 4) is 16.8 Å². The van der Waals surface area contributed by atoms with Gasteiger partial charge in [-0.15, -0.1) is 0 Å². The number of rotatable bonds is 7. The van der Waals surface area contributed by atoms with Gasteiger partial charge in [0.05, 0.1) is 11.1 Å². The number of aliphatic carboxylic acids is 1. The van der Waals surface area contributed by atoms with Gasteiger partial charge < -0.3 is 9.84 Å². The Morgan fingerprint density at radius 2 is 1.58 bits per heavy atom. The second-order valence-corrected chi connectivity index (χ2v) is 9.64. The van der Waals surface area contributed by atoms with E-state index in [2.05, 4.69) is 5.32 Å². The number of carboxylic acid groups (broad SMARTS) is 1. The highest BCUT2D eigenvalue weighted by Crippen LogP contribution is 2.48. The van der Waals surface area contributed by atoms with Gasteiger partial charge in [-0.25, -0.2) is 4.79 Å². The molecule has 1 heterocycles. The number of thiazole rings is 1. The van der Waals surface area contributed by atoms with Gasteiger partial charge >= 0.3 is 16.9 Å². The van der Waals surface area contributed by atoms with Crippen molar-refractivity contribution in [2.75, 3.05) is 5.32 Å². The molecule has 182 valence electrons. The molecule has 1 aliphatic rings. The fourth-order valence-electron chi connectivity index (χ4n) is 4.26. The molecule has 2 N–H and O–H groups in total. The van der Waals surface area contributed by atoms with Crippen LogP contribution in [-0.2, 0) is 14.9 Å². The highest BCUT2D eigenvalue weighted by molar-refractivity contribution is 7.07. The van der Waals surface area contributed by atoms with Gasteiger partial charge in [0.1, 0.15) is 11.9 Å². The molecule has 1 unspecified atom stereocenters. The van der Waals surface area contributed by atoms with E-state index in [-0.39, 0.29) is 4.87 Å². The lowest BCUT2D eigenvalue weighted by Gasteiger charge is -2.15. The molecule has 36 heavy (non-hydrogen) atoms. The Hall–Kier alpha value is -4.17. The van der Waals surface area contributed by atoms with Gasteiger partial charge in [0, 0.05) is 5.38 Å². The van der Waals surface area contributed by atoms with Gasteiger partial charge in [-0.3, -0.25) is 19.5 Å². The number of aromatic nitrogens is 1. The zero-order valence-corrected chi connectivity index (χ0v) is 20.3. The molecule has 0 bridgehead atoms. The molecule has 0 radical (unpaired) electrons. The predicted molar refractivity (Wildman–Crippen MR) is 139 cm³/mol. The third kappa shape index (κ3) is 4.55. The van der Waals surface area contributed by atoms with Gasteiger partial charge in [0.25, 0.3) is 0 Å². The lowest BCUT2D eigenvalue weighted by atomic mass is 9.94. The number of amides is 1. The van der Waals surface area contributed by atoms with E-state index in [1.165, 1.54) is 4.57 Å². The van der Waals surface area contributed by atoms with Crippen molar-refractivity contribution in [3.05, 3.63) is 105 Å². The molecule has 3 aromatic carbocycles. The molecule has 1 fully saturated rings. The molecule has 0 spiro atoms. The molecular weight excluding hydrogens is 476 g/mol. The van der Waals surface area contributed by atoms with Gasteiger partial charge in [-0.1, -0.05) is 78.1 Å². The first-order valence-corrected chi connectivity index (χ1v) is 12.4. The van der Waals surface area contributed by atoms with Crippen LogP contribution in [-0.4, -0.2) is 21.7 Å². The Kier molecular flexibility index (Phi) is 6.20. The largest absolute Gasteiger partial charge is 0.481 e. The molecule has 8 heteroatoms. The number of hydrogen-bond acceptors (Lipinski definition) is 5. The SMILES string of the molecule is CC(OC(=O)Nc1csc(=O)n1-c1ccc(-c2ccc(C3(C(=O)O)CC3)cc2)cc1)c1ccccc1. The minimum absolute atomic E-state index is 0.234. The molecule has 4 aromatic rings. The topological polar surface area (TPSA) is 97.6 Å². The molecular formula is C28H24N2O5S. The van der Waals surface area contributed by atoms with E-state index in [4.69, 9.17) is 4.74 Å². The van der Waals surface area contributed by atoms with Crippen LogP contribution >= 0.6 is 11.3 Å². The predicted octanol–water partition coefficient (Wildman–Crippen LogP) is 5.99. The summed E-state index contributed by atoms with van der Waals surface area (Å²) in [6.45, 7) is 1.78. The summed E-state index contributed by atoms with van der Waals surface area (Å²) in [6, 6.07) is 24.4. The number of benzene rings is 3. The van der Waals surface area contributed by atoms with Crippen LogP contribution in [0.15, 0.2) is 89.0 Å². The van der Waals surface area contributed by atoms with Crippen molar-refractivity contribution in [2.24, 2.45) is 0 Å². The zero-order chi connectivity index (χ0) is 25.3. The minimum Gasteiger partial charge on any atom is -0.481 e. The van der Waals surface area contributed by atoms with E-state index >= 15 is 0 Å². The van der Waals surface area contributed by atoms with Crippen molar-refractivity contribution in [1.82, 2.24) is 4.57 Å². The van der Waals surface area contributed by atoms with E-state index in [1.54, 1.807) is 24.4 Å². The number of nitrogens with one attached hydrogen (secondary N) is 1. The van der Waals surface area contributed by atoms with Crippen LogP contribution in [0.5, 0.6) is 0 Å². The second-order valence-electron chi connectivity index (χ2n) is 8.82. The Balaban J connectivity index is 1.31. The van der Waals surface area contributed by atoms with Gasteiger partial charge in [-0.2, -0.15) is 0 Å². The summed E-state index contributed by atoms with van der Waals surface area (Å²) in [5, 5.41) is 13.8. The summed E-state index contributed by atoms with van der Waals surface area (Å²) in [7, 11) is 0. The number of carboxylic acids is 1. The molecule has 5 rings (SSSR count). The van der Waals surface area contributed by atoms with Crippen LogP contribution in [0.25, 0.3) is 16.8 Å². The average molecular weight is 501 g/mol. The molecule has 7 nitrogen and oxygen atoms in total. The smallest absolute Gasteiger partial charge is 0.413 e. The average Bonchev–Trinajstić information content (AvgIpc) is 3.64. The minimum atomic E-state index is -0.774. The van der Waals surface area contributed by atoms with Crippen LogP contribution in [0, 0.1) is 0 Å². The third-order valence-electron chi connectivity index (χ3n) is 6.53. The Bertz CT molecular complexity index is 1450. The monoisotopic (exact) mass is 500 g/mol. The highest BCUT2D eigenvalue weighted by atomic mass is 32.1. The Morgan fingerprint density at radius 3 is 2.17 bits per heavy atom. The van der Waals surface area contributed by atoms with Crippen molar-refractivity contribution < 1.29 is 19.4 Å². The highest BCUT2D eigenvalue weighted by Gasteiger charge is 2.51. The van der Waals surface area contributed by atoms with Crippen LogP contribution in [0.3, 0.4) is 0 Å². The second kappa shape index (κ2) is 9.47. The molecule has 1 amide bonds. The maximum Gasteiger partial charge on any atom is 0.413 e. The van der Waals surface area contributed by atoms with E-state index in [0.29, 0.717) is 24.3 Å². The van der Waals surface area contributed by atoms with E-state index in [0.717, 1.165) is 33.6 Å². The first kappa shape index (κ1) is 23.6.